The molecule has 1 atom stereocenters. The number of aliphatic carboxylic acids is 1. The van der Waals surface area contributed by atoms with E-state index in [0.29, 0.717) is 23.1 Å². The Morgan fingerprint density at radius 1 is 1.53 bits per heavy atom. The molecule has 0 saturated heterocycles. The predicted molar refractivity (Wildman–Crippen MR) is 67.4 cm³/mol. The van der Waals surface area contributed by atoms with E-state index in [4.69, 9.17) is 10.8 Å². The van der Waals surface area contributed by atoms with Crippen LogP contribution in [0.15, 0.2) is 18.2 Å². The maximum Gasteiger partial charge on any atom is 0.303 e. The van der Waals surface area contributed by atoms with Crippen molar-refractivity contribution in [3.63, 3.8) is 0 Å². The second-order valence-electron chi connectivity index (χ2n) is 4.44. The third kappa shape index (κ3) is 2.42. The van der Waals surface area contributed by atoms with E-state index in [1.807, 2.05) is 0 Å². The second-order valence-corrected chi connectivity index (χ2v) is 4.44. The first-order valence-corrected chi connectivity index (χ1v) is 5.90. The number of carbonyl (C=O) groups excluding carboxylic acids is 2. The topological polar surface area (TPSA) is 101 Å². The number of aldehydes is 1. The number of nitrogens with zero attached hydrogens (tertiary/aromatic N) is 1. The molecule has 1 amide bonds. The van der Waals surface area contributed by atoms with Crippen LogP contribution in [0.1, 0.15) is 28.8 Å². The van der Waals surface area contributed by atoms with Gasteiger partial charge in [-0.25, -0.2) is 0 Å². The van der Waals surface area contributed by atoms with Crippen molar-refractivity contribution in [1.82, 2.24) is 4.90 Å². The Bertz CT molecular complexity index is 541. The van der Waals surface area contributed by atoms with Gasteiger partial charge in [-0.05, 0) is 18.6 Å². The maximum absolute atomic E-state index is 12.2. The summed E-state index contributed by atoms with van der Waals surface area (Å²) in [7, 11) is 0. The van der Waals surface area contributed by atoms with E-state index in [1.165, 1.54) is 4.90 Å². The summed E-state index contributed by atoms with van der Waals surface area (Å²) in [5.74, 6) is -1.26. The van der Waals surface area contributed by atoms with Crippen LogP contribution < -0.4 is 5.73 Å². The molecule has 0 fully saturated rings. The largest absolute Gasteiger partial charge is 0.481 e. The highest BCUT2D eigenvalue weighted by Crippen LogP contribution is 2.29. The molecule has 1 aliphatic heterocycles. The smallest absolute Gasteiger partial charge is 0.303 e. The Morgan fingerprint density at radius 2 is 2.26 bits per heavy atom. The number of carboxylic acid groups (broad SMARTS) is 1. The summed E-state index contributed by atoms with van der Waals surface area (Å²) in [6.07, 6.45) is 0.570. The fourth-order valence-electron chi connectivity index (χ4n) is 2.21. The summed E-state index contributed by atoms with van der Waals surface area (Å²) in [6, 6.07) is 4.31. The van der Waals surface area contributed by atoms with Gasteiger partial charge in [0, 0.05) is 29.8 Å². The summed E-state index contributed by atoms with van der Waals surface area (Å²) < 4.78 is 0. The Kier molecular flexibility index (Phi) is 3.50. The number of anilines is 1. The molecule has 1 heterocycles. The molecule has 1 aliphatic rings. The van der Waals surface area contributed by atoms with Gasteiger partial charge in [0.1, 0.15) is 6.29 Å². The van der Waals surface area contributed by atoms with Crippen LogP contribution in [-0.4, -0.2) is 34.2 Å². The quantitative estimate of drug-likeness (QED) is 0.599. The minimum Gasteiger partial charge on any atom is -0.481 e. The summed E-state index contributed by atoms with van der Waals surface area (Å²) in [5, 5.41) is 8.64. The van der Waals surface area contributed by atoms with E-state index in [2.05, 4.69) is 0 Å². The van der Waals surface area contributed by atoms with Crippen LogP contribution >= 0.6 is 0 Å². The van der Waals surface area contributed by atoms with Crippen LogP contribution in [0.25, 0.3) is 0 Å². The van der Waals surface area contributed by atoms with Gasteiger partial charge < -0.3 is 20.5 Å². The maximum atomic E-state index is 12.2. The summed E-state index contributed by atoms with van der Waals surface area (Å²) >= 11 is 0. The Balaban J connectivity index is 2.20. The third-order valence-corrected chi connectivity index (χ3v) is 3.24. The van der Waals surface area contributed by atoms with E-state index in [1.54, 1.807) is 18.2 Å². The molecule has 0 bridgehead atoms. The van der Waals surface area contributed by atoms with Crippen LogP contribution in [0.2, 0.25) is 0 Å². The van der Waals surface area contributed by atoms with Crippen molar-refractivity contribution >= 4 is 23.9 Å². The lowest BCUT2D eigenvalue weighted by Crippen LogP contribution is -2.37. The van der Waals surface area contributed by atoms with Crippen molar-refractivity contribution in [3.05, 3.63) is 29.3 Å². The van der Waals surface area contributed by atoms with E-state index >= 15 is 0 Å². The van der Waals surface area contributed by atoms with E-state index in [9.17, 15) is 14.4 Å². The van der Waals surface area contributed by atoms with Gasteiger partial charge in [-0.3, -0.25) is 9.59 Å². The van der Waals surface area contributed by atoms with Gasteiger partial charge in [-0.1, -0.05) is 6.07 Å². The third-order valence-electron chi connectivity index (χ3n) is 3.24. The standard InChI is InChI=1S/C13H14N2O4/c14-11-3-1-2-9-10(11)6-15(13(9)19)8(7-16)4-5-12(17)18/h1-3,7-8H,4-6,14H2,(H,17,18). The van der Waals surface area contributed by atoms with Crippen molar-refractivity contribution in [3.8, 4) is 0 Å². The molecule has 0 spiro atoms. The Morgan fingerprint density at radius 3 is 2.84 bits per heavy atom. The van der Waals surface area contributed by atoms with Gasteiger partial charge in [0.25, 0.3) is 5.91 Å². The molecule has 0 aliphatic carbocycles. The summed E-state index contributed by atoms with van der Waals surface area (Å²) in [6.45, 7) is 0.254. The highest BCUT2D eigenvalue weighted by Gasteiger charge is 2.33. The molecular weight excluding hydrogens is 248 g/mol. The van der Waals surface area contributed by atoms with Crippen LogP contribution in [-0.2, 0) is 16.1 Å². The van der Waals surface area contributed by atoms with Crippen LogP contribution in [0.4, 0.5) is 5.69 Å². The van der Waals surface area contributed by atoms with E-state index in [-0.39, 0.29) is 25.3 Å². The predicted octanol–water partition coefficient (Wildman–Crippen LogP) is 0.657. The first kappa shape index (κ1) is 13.1. The fourth-order valence-corrected chi connectivity index (χ4v) is 2.21. The molecule has 1 aromatic carbocycles. The zero-order valence-corrected chi connectivity index (χ0v) is 10.2. The number of rotatable bonds is 5. The number of carboxylic acids is 1. The minimum absolute atomic E-state index is 0.110. The highest BCUT2D eigenvalue weighted by molar-refractivity contribution is 6.01. The molecule has 2 rings (SSSR count). The number of hydrogen-bond donors (Lipinski definition) is 2. The van der Waals surface area contributed by atoms with Crippen LogP contribution in [0, 0.1) is 0 Å². The van der Waals surface area contributed by atoms with Crippen molar-refractivity contribution in [2.45, 2.75) is 25.4 Å². The first-order chi connectivity index (χ1) is 9.04. The van der Waals surface area contributed by atoms with Crippen molar-refractivity contribution in [2.24, 2.45) is 0 Å². The average molecular weight is 262 g/mol. The Hall–Kier alpha value is -2.37. The molecule has 0 saturated carbocycles. The van der Waals surface area contributed by atoms with Crippen LogP contribution in [0.5, 0.6) is 0 Å². The number of fused-ring (bicyclic) bond motifs is 1. The number of carbonyl (C=O) groups is 3. The van der Waals surface area contributed by atoms with Gasteiger partial charge in [-0.2, -0.15) is 0 Å². The summed E-state index contributed by atoms with van der Waals surface area (Å²) in [5.41, 5.74) is 7.50. The fraction of sp³-hybridized carbons (Fsp3) is 0.308. The van der Waals surface area contributed by atoms with E-state index < -0.39 is 12.0 Å². The molecule has 6 heteroatoms. The first-order valence-electron chi connectivity index (χ1n) is 5.90. The highest BCUT2D eigenvalue weighted by atomic mass is 16.4. The lowest BCUT2D eigenvalue weighted by atomic mass is 10.1. The molecule has 19 heavy (non-hydrogen) atoms. The van der Waals surface area contributed by atoms with Gasteiger partial charge in [-0.15, -0.1) is 0 Å². The summed E-state index contributed by atoms with van der Waals surface area (Å²) in [4.78, 5) is 35.1. The Labute approximate surface area is 109 Å². The molecule has 0 radical (unpaired) electrons. The molecule has 6 nitrogen and oxygen atoms in total. The van der Waals surface area contributed by atoms with Gasteiger partial charge in [0.15, 0.2) is 0 Å². The van der Waals surface area contributed by atoms with Crippen molar-refractivity contribution in [2.75, 3.05) is 5.73 Å². The normalized spacial score (nSPS) is 15.2. The van der Waals surface area contributed by atoms with Gasteiger partial charge in [0.2, 0.25) is 0 Å². The molecule has 1 unspecified atom stereocenters. The molecule has 0 aromatic heterocycles. The number of hydrogen-bond acceptors (Lipinski definition) is 4. The number of nitrogen functional groups attached to an aromatic ring is 1. The van der Waals surface area contributed by atoms with Crippen molar-refractivity contribution < 1.29 is 19.5 Å². The van der Waals surface area contributed by atoms with Crippen molar-refractivity contribution in [1.29, 1.82) is 0 Å². The minimum atomic E-state index is -0.990. The van der Waals surface area contributed by atoms with Crippen LogP contribution in [0.3, 0.4) is 0 Å². The lowest BCUT2D eigenvalue weighted by Gasteiger charge is -2.22. The number of benzene rings is 1. The molecule has 100 valence electrons. The zero-order chi connectivity index (χ0) is 14.0. The average Bonchev–Trinajstić information content (AvgIpc) is 2.70. The lowest BCUT2D eigenvalue weighted by molar-refractivity contribution is -0.137. The molecular formula is C13H14N2O4. The van der Waals surface area contributed by atoms with Gasteiger partial charge >= 0.3 is 5.97 Å². The monoisotopic (exact) mass is 262 g/mol. The van der Waals surface area contributed by atoms with Gasteiger partial charge in [0.05, 0.1) is 6.04 Å². The molecule has 3 N–H and O–H groups in total. The zero-order valence-electron chi connectivity index (χ0n) is 10.2. The van der Waals surface area contributed by atoms with E-state index in [0.717, 1.165) is 0 Å². The molecule has 1 aromatic rings. The number of nitrogens with two attached hydrogens (primary N) is 1. The number of amides is 1. The second kappa shape index (κ2) is 5.09. The SMILES string of the molecule is Nc1cccc2c1CN(C(C=O)CCC(=O)O)C2=O.